The summed E-state index contributed by atoms with van der Waals surface area (Å²) in [6, 6.07) is 3.20. The van der Waals surface area contributed by atoms with E-state index in [2.05, 4.69) is 10.3 Å². The summed E-state index contributed by atoms with van der Waals surface area (Å²) >= 11 is 0. The number of aromatic nitrogens is 2. The van der Waals surface area contributed by atoms with Crippen LogP contribution >= 0.6 is 0 Å². The third kappa shape index (κ3) is 3.28. The van der Waals surface area contributed by atoms with E-state index in [1.165, 1.54) is 0 Å². The molecule has 0 unspecified atom stereocenters. The van der Waals surface area contributed by atoms with Crippen molar-refractivity contribution < 1.29 is 19.6 Å². The van der Waals surface area contributed by atoms with Crippen LogP contribution in [0, 0.1) is 0 Å². The van der Waals surface area contributed by atoms with E-state index in [1.807, 2.05) is 0 Å². The summed E-state index contributed by atoms with van der Waals surface area (Å²) in [7, 11) is -1.63. The van der Waals surface area contributed by atoms with E-state index in [0.717, 1.165) is 0 Å². The summed E-state index contributed by atoms with van der Waals surface area (Å²) in [5, 5.41) is 21.0. The van der Waals surface area contributed by atoms with Gasteiger partial charge in [-0.2, -0.15) is 0 Å². The number of hydrogen-bond acceptors (Lipinski definition) is 5. The molecule has 0 saturated heterocycles. The predicted octanol–water partition coefficient (Wildman–Crippen LogP) is 0.361. The fourth-order valence-corrected chi connectivity index (χ4v) is 1.70. The lowest BCUT2D eigenvalue weighted by molar-refractivity contribution is 0.0635. The van der Waals surface area contributed by atoms with E-state index >= 15 is 0 Å². The average molecular weight is 277 g/mol. The van der Waals surface area contributed by atoms with Crippen LogP contribution in [0.1, 0.15) is 20.8 Å². The van der Waals surface area contributed by atoms with E-state index < -0.39 is 18.8 Å². The fourth-order valence-electron chi connectivity index (χ4n) is 1.70. The molecular weight excluding hydrogens is 261 g/mol. The summed E-state index contributed by atoms with van der Waals surface area (Å²) in [6.07, 6.45) is 2.63. The molecule has 0 radical (unpaired) electrons. The summed E-state index contributed by atoms with van der Waals surface area (Å²) in [5.41, 5.74) is 0.00804. The molecular formula is C12H16BN3O4. The van der Waals surface area contributed by atoms with E-state index in [4.69, 9.17) is 4.74 Å². The van der Waals surface area contributed by atoms with Gasteiger partial charge in [-0.25, -0.2) is 9.78 Å². The molecule has 2 heterocycles. The second kappa shape index (κ2) is 5.14. The van der Waals surface area contributed by atoms with Crippen molar-refractivity contribution in [3.05, 3.63) is 24.5 Å². The molecule has 0 spiro atoms. The maximum atomic E-state index is 11.6. The first-order chi connectivity index (χ1) is 9.26. The third-order valence-corrected chi connectivity index (χ3v) is 2.42. The number of pyridine rings is 1. The molecule has 0 aromatic carbocycles. The van der Waals surface area contributed by atoms with Gasteiger partial charge in [-0.1, -0.05) is 6.07 Å². The van der Waals surface area contributed by atoms with Gasteiger partial charge in [0.1, 0.15) is 11.2 Å². The Labute approximate surface area is 116 Å². The van der Waals surface area contributed by atoms with Gasteiger partial charge in [0, 0.05) is 11.7 Å². The number of imidazole rings is 1. The Morgan fingerprint density at radius 1 is 1.45 bits per heavy atom. The van der Waals surface area contributed by atoms with Gasteiger partial charge in [-0.05, 0) is 26.8 Å². The Bertz CT molecular complexity index is 633. The molecule has 0 aliphatic rings. The molecule has 0 aliphatic heterocycles. The minimum Gasteiger partial charge on any atom is -0.444 e. The lowest BCUT2D eigenvalue weighted by Gasteiger charge is -2.18. The van der Waals surface area contributed by atoms with Crippen LogP contribution in [0.3, 0.4) is 0 Å². The molecule has 0 bridgehead atoms. The highest BCUT2D eigenvalue weighted by atomic mass is 16.6. The molecule has 7 nitrogen and oxygen atoms in total. The van der Waals surface area contributed by atoms with Crippen molar-refractivity contribution in [3.8, 4) is 0 Å². The number of rotatable bonds is 2. The zero-order valence-corrected chi connectivity index (χ0v) is 11.5. The molecule has 2 aromatic rings. The van der Waals surface area contributed by atoms with Crippen LogP contribution in [0.5, 0.6) is 0 Å². The summed E-state index contributed by atoms with van der Waals surface area (Å²) < 4.78 is 6.70. The predicted molar refractivity (Wildman–Crippen MR) is 74.9 cm³/mol. The number of anilines is 1. The second-order valence-electron chi connectivity index (χ2n) is 5.32. The van der Waals surface area contributed by atoms with Crippen LogP contribution in [0.25, 0.3) is 5.65 Å². The number of amides is 1. The van der Waals surface area contributed by atoms with Crippen LogP contribution in [0.4, 0.5) is 10.6 Å². The maximum Gasteiger partial charge on any atom is 0.492 e. The molecule has 0 aliphatic carbocycles. The number of carbonyl (C=O) groups is 1. The third-order valence-electron chi connectivity index (χ3n) is 2.42. The average Bonchev–Trinajstić information content (AvgIpc) is 2.67. The highest BCUT2D eigenvalue weighted by Gasteiger charge is 2.19. The van der Waals surface area contributed by atoms with Gasteiger partial charge in [0.2, 0.25) is 0 Å². The number of hydrogen-bond donors (Lipinski definition) is 3. The molecule has 3 N–H and O–H groups in total. The summed E-state index contributed by atoms with van der Waals surface area (Å²) in [5.74, 6) is 0.271. The minimum atomic E-state index is -1.63. The Morgan fingerprint density at radius 3 is 2.75 bits per heavy atom. The van der Waals surface area contributed by atoms with Crippen molar-refractivity contribution >= 4 is 30.1 Å². The van der Waals surface area contributed by atoms with Crippen molar-refractivity contribution in [1.29, 1.82) is 0 Å². The number of nitrogens with one attached hydrogen (secondary N) is 1. The standard InChI is InChI=1S/C12H16BN3O4/c1-12(2,3)20-11(17)15-9-7-16-6-4-5-8(13(18)19)10(16)14-9/h4-7,18-19H,1-3H3,(H,15,17). The summed E-state index contributed by atoms with van der Waals surface area (Å²) in [4.78, 5) is 15.8. The van der Waals surface area contributed by atoms with Crippen molar-refractivity contribution in [1.82, 2.24) is 9.38 Å². The Morgan fingerprint density at radius 2 is 2.15 bits per heavy atom. The number of ether oxygens (including phenoxy) is 1. The molecule has 106 valence electrons. The van der Waals surface area contributed by atoms with Gasteiger partial charge < -0.3 is 19.2 Å². The topological polar surface area (TPSA) is 96.1 Å². The maximum absolute atomic E-state index is 11.6. The second-order valence-corrected chi connectivity index (χ2v) is 5.32. The van der Waals surface area contributed by atoms with Crippen LogP contribution < -0.4 is 10.8 Å². The van der Waals surface area contributed by atoms with Crippen LogP contribution in [-0.2, 0) is 4.74 Å². The number of fused-ring (bicyclic) bond motifs is 1. The zero-order chi connectivity index (χ0) is 14.9. The van der Waals surface area contributed by atoms with Crippen molar-refractivity contribution in [2.24, 2.45) is 0 Å². The minimum absolute atomic E-state index is 0.254. The van der Waals surface area contributed by atoms with Gasteiger partial charge in [-0.3, -0.25) is 5.32 Å². The Kier molecular flexibility index (Phi) is 3.69. The molecule has 8 heteroatoms. The zero-order valence-electron chi connectivity index (χ0n) is 11.5. The molecule has 0 fully saturated rings. The molecule has 0 atom stereocenters. The first-order valence-electron chi connectivity index (χ1n) is 6.10. The first-order valence-corrected chi connectivity index (χ1v) is 6.10. The normalized spacial score (nSPS) is 11.4. The van der Waals surface area contributed by atoms with Crippen molar-refractivity contribution in [2.45, 2.75) is 26.4 Å². The van der Waals surface area contributed by atoms with Crippen LogP contribution in [0.2, 0.25) is 0 Å². The molecule has 20 heavy (non-hydrogen) atoms. The van der Waals surface area contributed by atoms with Crippen LogP contribution in [-0.4, -0.2) is 38.2 Å². The lowest BCUT2D eigenvalue weighted by Crippen LogP contribution is -2.31. The van der Waals surface area contributed by atoms with Gasteiger partial charge in [0.05, 0.1) is 6.20 Å². The quantitative estimate of drug-likeness (QED) is 0.689. The van der Waals surface area contributed by atoms with E-state index in [0.29, 0.717) is 5.65 Å². The molecule has 2 aromatic heterocycles. The van der Waals surface area contributed by atoms with Gasteiger partial charge >= 0.3 is 13.2 Å². The van der Waals surface area contributed by atoms with Crippen LogP contribution in [0.15, 0.2) is 24.5 Å². The van der Waals surface area contributed by atoms with E-state index in [-0.39, 0.29) is 11.3 Å². The lowest BCUT2D eigenvalue weighted by atomic mass is 9.81. The SMILES string of the molecule is CC(C)(C)OC(=O)Nc1cn2cccc(B(O)O)c2n1. The molecule has 0 saturated carbocycles. The largest absolute Gasteiger partial charge is 0.492 e. The summed E-state index contributed by atoms with van der Waals surface area (Å²) in [6.45, 7) is 5.28. The molecule has 1 amide bonds. The number of nitrogens with zero attached hydrogens (tertiary/aromatic N) is 2. The first kappa shape index (κ1) is 14.4. The highest BCUT2D eigenvalue weighted by Crippen LogP contribution is 2.12. The fraction of sp³-hybridized carbons (Fsp3) is 0.333. The van der Waals surface area contributed by atoms with E-state index in [1.54, 1.807) is 49.7 Å². The monoisotopic (exact) mass is 277 g/mol. The Hall–Kier alpha value is -2.06. The van der Waals surface area contributed by atoms with Crippen molar-refractivity contribution in [2.75, 3.05) is 5.32 Å². The highest BCUT2D eigenvalue weighted by molar-refractivity contribution is 6.60. The molecule has 2 rings (SSSR count). The van der Waals surface area contributed by atoms with Gasteiger partial charge in [0.25, 0.3) is 0 Å². The van der Waals surface area contributed by atoms with Crippen molar-refractivity contribution in [3.63, 3.8) is 0 Å². The number of carbonyl (C=O) groups excluding carboxylic acids is 1. The van der Waals surface area contributed by atoms with Gasteiger partial charge in [-0.15, -0.1) is 0 Å². The Balaban J connectivity index is 2.24. The smallest absolute Gasteiger partial charge is 0.444 e. The van der Waals surface area contributed by atoms with E-state index in [9.17, 15) is 14.8 Å². The van der Waals surface area contributed by atoms with Gasteiger partial charge in [0.15, 0.2) is 5.82 Å².